The highest BCUT2D eigenvalue weighted by Gasteiger charge is 2.30. The standard InChI is InChI=1S/C17H24O2/c1-10(2)13-8-7-11(3)15-14(13)9-12(4)16(18-5)17(15)19-6/h9,11,13H,1,7-8H2,2-6H3/t11-,13-/m0/s1. The Hall–Kier alpha value is -1.44. The third kappa shape index (κ3) is 2.24. The Bertz CT molecular complexity index is 502. The molecule has 0 unspecified atom stereocenters. The number of hydrogen-bond donors (Lipinski definition) is 0. The Balaban J connectivity index is 2.71. The molecule has 104 valence electrons. The van der Waals surface area contributed by atoms with Gasteiger partial charge in [0.05, 0.1) is 14.2 Å². The van der Waals surface area contributed by atoms with Gasteiger partial charge in [0.15, 0.2) is 11.5 Å². The second-order valence-electron chi connectivity index (χ2n) is 5.64. The fourth-order valence-corrected chi connectivity index (χ4v) is 3.29. The van der Waals surface area contributed by atoms with E-state index in [1.54, 1.807) is 14.2 Å². The molecule has 0 saturated carbocycles. The molecule has 0 spiro atoms. The number of ether oxygens (including phenoxy) is 2. The van der Waals surface area contributed by atoms with E-state index in [0.717, 1.165) is 17.1 Å². The summed E-state index contributed by atoms with van der Waals surface area (Å²) in [5, 5.41) is 0. The Morgan fingerprint density at radius 1 is 1.21 bits per heavy atom. The van der Waals surface area contributed by atoms with E-state index in [1.807, 2.05) is 0 Å². The predicted octanol–water partition coefficient (Wildman–Crippen LogP) is 4.57. The van der Waals surface area contributed by atoms with E-state index < -0.39 is 0 Å². The van der Waals surface area contributed by atoms with Crippen molar-refractivity contribution < 1.29 is 9.47 Å². The molecule has 0 bridgehead atoms. The third-order valence-electron chi connectivity index (χ3n) is 4.25. The lowest BCUT2D eigenvalue weighted by molar-refractivity contribution is 0.343. The summed E-state index contributed by atoms with van der Waals surface area (Å²) in [6, 6.07) is 2.26. The summed E-state index contributed by atoms with van der Waals surface area (Å²) in [5.74, 6) is 2.74. The molecule has 0 N–H and O–H groups in total. The van der Waals surface area contributed by atoms with Crippen molar-refractivity contribution in [2.75, 3.05) is 14.2 Å². The molecule has 2 atom stereocenters. The lowest BCUT2D eigenvalue weighted by Crippen LogP contribution is -2.16. The summed E-state index contributed by atoms with van der Waals surface area (Å²) in [6.07, 6.45) is 2.35. The fourth-order valence-electron chi connectivity index (χ4n) is 3.29. The summed E-state index contributed by atoms with van der Waals surface area (Å²) in [5.41, 5.74) is 5.06. The van der Waals surface area contributed by atoms with Gasteiger partial charge in [0.2, 0.25) is 0 Å². The zero-order valence-electron chi connectivity index (χ0n) is 12.7. The highest BCUT2D eigenvalue weighted by molar-refractivity contribution is 5.59. The van der Waals surface area contributed by atoms with Crippen LogP contribution in [0, 0.1) is 6.92 Å². The molecule has 0 fully saturated rings. The first-order valence-electron chi connectivity index (χ1n) is 6.92. The summed E-state index contributed by atoms with van der Waals surface area (Å²) >= 11 is 0. The SMILES string of the molecule is C=C(C)[C@@H]1CC[C@H](C)c2c1cc(C)c(OC)c2OC. The first kappa shape index (κ1) is 14.0. The lowest BCUT2D eigenvalue weighted by Gasteiger charge is -2.33. The zero-order chi connectivity index (χ0) is 14.2. The molecule has 2 heteroatoms. The van der Waals surface area contributed by atoms with Crippen LogP contribution in [0.1, 0.15) is 55.2 Å². The van der Waals surface area contributed by atoms with Gasteiger partial charge in [-0.1, -0.05) is 25.1 Å². The predicted molar refractivity (Wildman–Crippen MR) is 79.5 cm³/mol. The van der Waals surface area contributed by atoms with Crippen LogP contribution in [0.4, 0.5) is 0 Å². The molecule has 19 heavy (non-hydrogen) atoms. The molecule has 2 nitrogen and oxygen atoms in total. The van der Waals surface area contributed by atoms with E-state index in [1.165, 1.54) is 29.5 Å². The Morgan fingerprint density at radius 2 is 1.84 bits per heavy atom. The lowest BCUT2D eigenvalue weighted by atomic mass is 9.74. The summed E-state index contributed by atoms with van der Waals surface area (Å²) in [7, 11) is 3.44. The number of fused-ring (bicyclic) bond motifs is 1. The molecule has 0 saturated heterocycles. The second kappa shape index (κ2) is 5.28. The van der Waals surface area contributed by atoms with E-state index in [0.29, 0.717) is 11.8 Å². The van der Waals surface area contributed by atoms with Crippen LogP contribution in [0.3, 0.4) is 0 Å². The van der Waals surface area contributed by atoms with E-state index in [4.69, 9.17) is 9.47 Å². The van der Waals surface area contributed by atoms with Crippen molar-refractivity contribution >= 4 is 0 Å². The Kier molecular flexibility index (Phi) is 3.88. The minimum Gasteiger partial charge on any atom is -0.493 e. The maximum atomic E-state index is 5.66. The summed E-state index contributed by atoms with van der Waals surface area (Å²) < 4.78 is 11.2. The minimum absolute atomic E-state index is 0.449. The molecule has 1 aliphatic rings. The monoisotopic (exact) mass is 260 g/mol. The van der Waals surface area contributed by atoms with Crippen LogP contribution in [0.25, 0.3) is 0 Å². The first-order chi connectivity index (χ1) is 9.01. The van der Waals surface area contributed by atoms with Gasteiger partial charge in [-0.2, -0.15) is 0 Å². The minimum atomic E-state index is 0.449. The van der Waals surface area contributed by atoms with Gasteiger partial charge < -0.3 is 9.47 Å². The molecule has 1 aliphatic carbocycles. The van der Waals surface area contributed by atoms with E-state index >= 15 is 0 Å². The van der Waals surface area contributed by atoms with Crippen LogP contribution in [0.5, 0.6) is 11.5 Å². The van der Waals surface area contributed by atoms with Crippen LogP contribution < -0.4 is 9.47 Å². The molecule has 1 aromatic carbocycles. The number of methoxy groups -OCH3 is 2. The van der Waals surface area contributed by atoms with Gasteiger partial charge >= 0.3 is 0 Å². The van der Waals surface area contributed by atoms with Crippen molar-refractivity contribution in [3.05, 3.63) is 34.9 Å². The molecule has 0 heterocycles. The summed E-state index contributed by atoms with van der Waals surface area (Å²) in [4.78, 5) is 0. The van der Waals surface area contributed by atoms with Crippen LogP contribution in [-0.4, -0.2) is 14.2 Å². The van der Waals surface area contributed by atoms with Crippen LogP contribution in [-0.2, 0) is 0 Å². The molecular formula is C17H24O2. The van der Waals surface area contributed by atoms with Crippen LogP contribution in [0.2, 0.25) is 0 Å². The van der Waals surface area contributed by atoms with Crippen LogP contribution in [0.15, 0.2) is 18.2 Å². The zero-order valence-corrected chi connectivity index (χ0v) is 12.7. The average molecular weight is 260 g/mol. The van der Waals surface area contributed by atoms with E-state index in [2.05, 4.69) is 33.4 Å². The average Bonchev–Trinajstić information content (AvgIpc) is 2.37. The van der Waals surface area contributed by atoms with Crippen molar-refractivity contribution in [2.24, 2.45) is 0 Å². The smallest absolute Gasteiger partial charge is 0.164 e. The Morgan fingerprint density at radius 3 is 2.37 bits per heavy atom. The van der Waals surface area contributed by atoms with Gasteiger partial charge in [-0.05, 0) is 43.7 Å². The molecule has 0 radical (unpaired) electrons. The third-order valence-corrected chi connectivity index (χ3v) is 4.25. The normalized spacial score (nSPS) is 21.7. The largest absolute Gasteiger partial charge is 0.493 e. The van der Waals surface area contributed by atoms with Crippen molar-refractivity contribution in [1.29, 1.82) is 0 Å². The van der Waals surface area contributed by atoms with Gasteiger partial charge in [0.1, 0.15) is 0 Å². The number of rotatable bonds is 3. The van der Waals surface area contributed by atoms with Crippen molar-refractivity contribution in [3.8, 4) is 11.5 Å². The maximum Gasteiger partial charge on any atom is 0.164 e. The van der Waals surface area contributed by atoms with Crippen LogP contribution >= 0.6 is 0 Å². The summed E-state index contributed by atoms with van der Waals surface area (Å²) in [6.45, 7) is 10.6. The first-order valence-corrected chi connectivity index (χ1v) is 6.92. The van der Waals surface area contributed by atoms with E-state index in [9.17, 15) is 0 Å². The highest BCUT2D eigenvalue weighted by Crippen LogP contribution is 2.49. The van der Waals surface area contributed by atoms with Crippen molar-refractivity contribution in [2.45, 2.75) is 45.4 Å². The Labute approximate surface area is 116 Å². The quantitative estimate of drug-likeness (QED) is 0.741. The fraction of sp³-hybridized carbons (Fsp3) is 0.529. The molecular weight excluding hydrogens is 236 g/mol. The molecule has 0 amide bonds. The number of hydrogen-bond acceptors (Lipinski definition) is 2. The highest BCUT2D eigenvalue weighted by atomic mass is 16.5. The molecule has 0 aliphatic heterocycles. The van der Waals surface area contributed by atoms with Gasteiger partial charge in [-0.3, -0.25) is 0 Å². The van der Waals surface area contributed by atoms with Crippen molar-refractivity contribution in [1.82, 2.24) is 0 Å². The van der Waals surface area contributed by atoms with Gasteiger partial charge in [0, 0.05) is 11.5 Å². The van der Waals surface area contributed by atoms with Gasteiger partial charge in [-0.15, -0.1) is 0 Å². The number of allylic oxidation sites excluding steroid dienone is 1. The second-order valence-corrected chi connectivity index (χ2v) is 5.64. The van der Waals surface area contributed by atoms with Crippen molar-refractivity contribution in [3.63, 3.8) is 0 Å². The number of benzene rings is 1. The molecule has 2 rings (SSSR count). The van der Waals surface area contributed by atoms with Gasteiger partial charge in [0.25, 0.3) is 0 Å². The van der Waals surface area contributed by atoms with E-state index in [-0.39, 0.29) is 0 Å². The molecule has 0 aromatic heterocycles. The maximum absolute atomic E-state index is 5.66. The van der Waals surface area contributed by atoms with Gasteiger partial charge in [-0.25, -0.2) is 0 Å². The molecule has 1 aromatic rings. The topological polar surface area (TPSA) is 18.5 Å². The number of aryl methyl sites for hydroxylation is 1.